The van der Waals surface area contributed by atoms with Crippen molar-refractivity contribution in [1.82, 2.24) is 10.2 Å². The molecule has 2 aliphatic heterocycles. The molecule has 3 amide bonds. The largest absolute Gasteiger partial charge is 0.497 e. The number of carbonyl (C=O) groups is 3. The summed E-state index contributed by atoms with van der Waals surface area (Å²) in [6, 6.07) is 11.7. The first-order valence-corrected chi connectivity index (χ1v) is 10.2. The van der Waals surface area contributed by atoms with Gasteiger partial charge in [-0.2, -0.15) is 0 Å². The van der Waals surface area contributed by atoms with Gasteiger partial charge in [-0.15, -0.1) is 0 Å². The van der Waals surface area contributed by atoms with Crippen molar-refractivity contribution in [3.63, 3.8) is 0 Å². The van der Waals surface area contributed by atoms with Crippen LogP contribution >= 0.6 is 11.6 Å². The van der Waals surface area contributed by atoms with Crippen molar-refractivity contribution in [3.8, 4) is 5.75 Å². The highest BCUT2D eigenvalue weighted by molar-refractivity contribution is 6.31. The van der Waals surface area contributed by atoms with Gasteiger partial charge in [-0.25, -0.2) is 0 Å². The van der Waals surface area contributed by atoms with E-state index >= 15 is 0 Å². The lowest BCUT2D eigenvalue weighted by molar-refractivity contribution is -0.125. The number of hydrogen-bond donors (Lipinski definition) is 1. The van der Waals surface area contributed by atoms with Crippen LogP contribution in [0.15, 0.2) is 42.5 Å². The molecular formula is C22H22ClN3O4. The van der Waals surface area contributed by atoms with Crippen LogP contribution in [0, 0.1) is 0 Å². The minimum atomic E-state index is -0.546. The van der Waals surface area contributed by atoms with Crippen LogP contribution in [0.3, 0.4) is 0 Å². The third-order valence-corrected chi connectivity index (χ3v) is 5.71. The molecule has 30 heavy (non-hydrogen) atoms. The molecule has 1 saturated heterocycles. The fraction of sp³-hybridized carbons (Fsp3) is 0.318. The first kappa shape index (κ1) is 20.2. The van der Waals surface area contributed by atoms with E-state index in [2.05, 4.69) is 5.32 Å². The minimum Gasteiger partial charge on any atom is -0.497 e. The normalized spacial score (nSPS) is 18.0. The number of rotatable bonds is 5. The van der Waals surface area contributed by atoms with Crippen LogP contribution < -0.4 is 15.0 Å². The smallest absolute Gasteiger partial charge is 0.256 e. The van der Waals surface area contributed by atoms with Gasteiger partial charge in [-0.3, -0.25) is 14.4 Å². The van der Waals surface area contributed by atoms with E-state index < -0.39 is 6.04 Å². The summed E-state index contributed by atoms with van der Waals surface area (Å²) in [4.78, 5) is 41.9. The molecule has 0 radical (unpaired) electrons. The van der Waals surface area contributed by atoms with E-state index in [0.717, 1.165) is 12.0 Å². The Morgan fingerprint density at radius 2 is 2.07 bits per heavy atom. The maximum absolute atomic E-state index is 13.2. The van der Waals surface area contributed by atoms with Crippen LogP contribution in [0.4, 0.5) is 5.69 Å². The third kappa shape index (κ3) is 3.85. The van der Waals surface area contributed by atoms with Crippen molar-refractivity contribution in [2.75, 3.05) is 25.1 Å². The average molecular weight is 428 g/mol. The van der Waals surface area contributed by atoms with Crippen molar-refractivity contribution in [1.29, 1.82) is 0 Å². The molecule has 8 heteroatoms. The fourth-order valence-electron chi connectivity index (χ4n) is 3.98. The summed E-state index contributed by atoms with van der Waals surface area (Å²) in [7, 11) is 1.58. The van der Waals surface area contributed by atoms with E-state index in [1.807, 2.05) is 24.3 Å². The van der Waals surface area contributed by atoms with Gasteiger partial charge in [0.05, 0.1) is 18.4 Å². The number of nitrogens with one attached hydrogen (secondary N) is 1. The zero-order valence-electron chi connectivity index (χ0n) is 16.6. The van der Waals surface area contributed by atoms with Crippen LogP contribution in [-0.2, 0) is 16.1 Å². The van der Waals surface area contributed by atoms with E-state index in [1.54, 1.807) is 30.2 Å². The van der Waals surface area contributed by atoms with Crippen molar-refractivity contribution in [2.45, 2.75) is 25.4 Å². The van der Waals surface area contributed by atoms with Crippen LogP contribution in [0.2, 0.25) is 5.02 Å². The second-order valence-corrected chi connectivity index (χ2v) is 7.81. The summed E-state index contributed by atoms with van der Waals surface area (Å²) in [6.07, 6.45) is 1.35. The first-order valence-electron chi connectivity index (χ1n) is 9.79. The maximum atomic E-state index is 13.2. The summed E-state index contributed by atoms with van der Waals surface area (Å²) < 4.78 is 5.20. The molecule has 0 aliphatic carbocycles. The summed E-state index contributed by atoms with van der Waals surface area (Å²) >= 11 is 6.11. The van der Waals surface area contributed by atoms with E-state index in [1.165, 1.54) is 4.90 Å². The number of amides is 3. The molecule has 1 fully saturated rings. The van der Waals surface area contributed by atoms with Gasteiger partial charge in [0, 0.05) is 18.1 Å². The Kier molecular flexibility index (Phi) is 5.63. The lowest BCUT2D eigenvalue weighted by Gasteiger charge is -2.25. The lowest BCUT2D eigenvalue weighted by Crippen LogP contribution is -2.48. The van der Waals surface area contributed by atoms with Crippen LogP contribution in [0.5, 0.6) is 5.75 Å². The second-order valence-electron chi connectivity index (χ2n) is 7.37. The van der Waals surface area contributed by atoms with Gasteiger partial charge in [-0.1, -0.05) is 23.7 Å². The highest BCUT2D eigenvalue weighted by Crippen LogP contribution is 2.33. The number of methoxy groups -OCH3 is 1. The molecule has 2 heterocycles. The molecule has 2 aromatic rings. The van der Waals surface area contributed by atoms with Gasteiger partial charge in [0.15, 0.2) is 0 Å². The number of carbonyl (C=O) groups excluding carboxylic acids is 3. The molecule has 4 rings (SSSR count). The monoisotopic (exact) mass is 427 g/mol. The highest BCUT2D eigenvalue weighted by atomic mass is 35.5. The highest BCUT2D eigenvalue weighted by Gasteiger charge is 2.42. The number of nitrogens with zero attached hydrogens (tertiary/aromatic N) is 2. The van der Waals surface area contributed by atoms with Gasteiger partial charge in [0.25, 0.3) is 5.91 Å². The molecule has 156 valence electrons. The molecule has 7 nitrogen and oxygen atoms in total. The van der Waals surface area contributed by atoms with Crippen molar-refractivity contribution in [3.05, 3.63) is 58.6 Å². The Bertz CT molecular complexity index is 1010. The topological polar surface area (TPSA) is 79.0 Å². The third-order valence-electron chi connectivity index (χ3n) is 5.47. The van der Waals surface area contributed by atoms with Gasteiger partial charge in [0.2, 0.25) is 11.8 Å². The van der Waals surface area contributed by atoms with Crippen LogP contribution in [-0.4, -0.2) is 48.9 Å². The molecule has 2 aliphatic rings. The van der Waals surface area contributed by atoms with Crippen LogP contribution in [0.25, 0.3) is 0 Å². The molecule has 1 atom stereocenters. The first-order chi connectivity index (χ1) is 14.5. The second kappa shape index (κ2) is 8.36. The molecule has 0 saturated carbocycles. The Hall–Kier alpha value is -3.06. The van der Waals surface area contributed by atoms with Gasteiger partial charge < -0.3 is 19.9 Å². The van der Waals surface area contributed by atoms with E-state index in [-0.39, 0.29) is 24.3 Å². The Morgan fingerprint density at radius 1 is 1.23 bits per heavy atom. The summed E-state index contributed by atoms with van der Waals surface area (Å²) in [5.41, 5.74) is 1.65. The molecule has 0 spiro atoms. The van der Waals surface area contributed by atoms with E-state index in [9.17, 15) is 14.4 Å². The summed E-state index contributed by atoms with van der Waals surface area (Å²) in [6.45, 7) is 0.659. The zero-order chi connectivity index (χ0) is 21.3. The Balaban J connectivity index is 1.55. The molecular weight excluding hydrogens is 406 g/mol. The Labute approximate surface area is 179 Å². The van der Waals surface area contributed by atoms with Gasteiger partial charge in [-0.05, 0) is 48.7 Å². The predicted molar refractivity (Wildman–Crippen MR) is 113 cm³/mol. The molecule has 0 bridgehead atoms. The average Bonchev–Trinajstić information content (AvgIpc) is 3.23. The van der Waals surface area contributed by atoms with Crippen molar-refractivity contribution >= 4 is 35.0 Å². The zero-order valence-corrected chi connectivity index (χ0v) is 17.3. The number of halogens is 1. The van der Waals surface area contributed by atoms with Crippen LogP contribution in [0.1, 0.15) is 28.8 Å². The quantitative estimate of drug-likeness (QED) is 0.795. The number of fused-ring (bicyclic) bond motifs is 2. The predicted octanol–water partition coefficient (Wildman–Crippen LogP) is 2.62. The Morgan fingerprint density at radius 3 is 2.87 bits per heavy atom. The van der Waals surface area contributed by atoms with E-state index in [0.29, 0.717) is 41.5 Å². The fourth-order valence-corrected chi connectivity index (χ4v) is 4.15. The molecule has 2 aromatic carbocycles. The molecule has 0 aromatic heterocycles. The van der Waals surface area contributed by atoms with Gasteiger partial charge in [0.1, 0.15) is 18.3 Å². The number of anilines is 1. The van der Waals surface area contributed by atoms with Crippen molar-refractivity contribution in [2.24, 2.45) is 0 Å². The lowest BCUT2D eigenvalue weighted by atomic mass is 10.1. The minimum absolute atomic E-state index is 0.172. The number of hydrogen-bond acceptors (Lipinski definition) is 4. The number of ether oxygens (including phenoxy) is 1. The summed E-state index contributed by atoms with van der Waals surface area (Å²) in [5.74, 6) is -0.0675. The standard InChI is InChI=1S/C22H22ClN3O4/c1-30-16-5-2-4-14(10-16)12-24-20(27)13-26-18-8-7-15(23)11-17(18)21(28)25-9-3-6-19(25)22(26)29/h2,4-5,7-8,10-11,19H,3,6,9,12-13H2,1H3,(H,24,27). The molecule has 1 unspecified atom stereocenters. The van der Waals surface area contributed by atoms with Gasteiger partial charge >= 0.3 is 0 Å². The summed E-state index contributed by atoms with van der Waals surface area (Å²) in [5, 5.41) is 3.25. The van der Waals surface area contributed by atoms with Crippen molar-refractivity contribution < 1.29 is 19.1 Å². The maximum Gasteiger partial charge on any atom is 0.256 e. The van der Waals surface area contributed by atoms with E-state index in [4.69, 9.17) is 16.3 Å². The number of benzene rings is 2. The molecule has 1 N–H and O–H groups in total. The SMILES string of the molecule is COc1cccc(CNC(=O)CN2C(=O)C3CCCN3C(=O)c3cc(Cl)ccc32)c1.